The Balaban J connectivity index is 2.89. The van der Waals surface area contributed by atoms with E-state index in [2.05, 4.69) is 0 Å². The highest BCUT2D eigenvalue weighted by Gasteiger charge is 1.98. The number of hydrogen-bond donors (Lipinski definition) is 1. The molecule has 1 rings (SSSR count). The van der Waals surface area contributed by atoms with Gasteiger partial charge in [-0.25, -0.2) is 0 Å². The van der Waals surface area contributed by atoms with Crippen molar-refractivity contribution in [1.29, 1.82) is 10.5 Å². The van der Waals surface area contributed by atoms with Crippen molar-refractivity contribution in [3.8, 4) is 12.1 Å². The van der Waals surface area contributed by atoms with E-state index in [-0.39, 0.29) is 12.0 Å². The molecule has 4 nitrogen and oxygen atoms in total. The van der Waals surface area contributed by atoms with Gasteiger partial charge >= 0.3 is 0 Å². The summed E-state index contributed by atoms with van der Waals surface area (Å²) in [5.74, 6) is -0.391. The normalized spacial score (nSPS) is 8.62. The van der Waals surface area contributed by atoms with E-state index in [0.29, 0.717) is 0 Å². The minimum absolute atomic E-state index is 0.0441. The molecule has 0 aliphatic carbocycles. The van der Waals surface area contributed by atoms with Gasteiger partial charge in [-0.3, -0.25) is 4.79 Å². The zero-order valence-electron chi connectivity index (χ0n) is 8.47. The lowest BCUT2D eigenvalue weighted by molar-refractivity contribution is -0.117. The largest absolute Gasteiger partial charge is 0.369 e. The molecular formula is C12H9N3O. The van der Waals surface area contributed by atoms with Crippen LogP contribution < -0.4 is 5.73 Å². The summed E-state index contributed by atoms with van der Waals surface area (Å²) < 4.78 is 0. The topological polar surface area (TPSA) is 90.7 Å². The monoisotopic (exact) mass is 211 g/mol. The number of amides is 1. The minimum Gasteiger partial charge on any atom is -0.369 e. The van der Waals surface area contributed by atoms with Crippen molar-refractivity contribution in [2.45, 2.75) is 6.42 Å². The van der Waals surface area contributed by atoms with Gasteiger partial charge in [0.05, 0.1) is 6.42 Å². The SMILES string of the molecule is N#CC(C#N)=Cc1ccc(CC(N)=O)cc1. The fourth-order valence-corrected chi connectivity index (χ4v) is 1.19. The lowest BCUT2D eigenvalue weighted by Gasteiger charge is -1.98. The van der Waals surface area contributed by atoms with E-state index in [4.69, 9.17) is 16.3 Å². The molecule has 0 saturated heterocycles. The summed E-state index contributed by atoms with van der Waals surface area (Å²) >= 11 is 0. The molecule has 16 heavy (non-hydrogen) atoms. The molecule has 0 radical (unpaired) electrons. The highest BCUT2D eigenvalue weighted by atomic mass is 16.1. The molecule has 0 aromatic heterocycles. The highest BCUT2D eigenvalue weighted by molar-refractivity contribution is 5.76. The third-order valence-corrected chi connectivity index (χ3v) is 1.91. The molecule has 4 heteroatoms. The third-order valence-electron chi connectivity index (χ3n) is 1.91. The van der Waals surface area contributed by atoms with Crippen LogP contribution in [0.15, 0.2) is 29.8 Å². The zero-order valence-corrected chi connectivity index (χ0v) is 8.47. The summed E-state index contributed by atoms with van der Waals surface area (Å²) in [6.45, 7) is 0. The predicted octanol–water partition coefficient (Wildman–Crippen LogP) is 1.14. The van der Waals surface area contributed by atoms with E-state index in [1.165, 1.54) is 6.08 Å². The number of benzene rings is 1. The summed E-state index contributed by atoms with van der Waals surface area (Å²) in [7, 11) is 0. The van der Waals surface area contributed by atoms with E-state index in [1.54, 1.807) is 36.4 Å². The fraction of sp³-hybridized carbons (Fsp3) is 0.0833. The van der Waals surface area contributed by atoms with E-state index in [9.17, 15) is 4.79 Å². The standard InChI is InChI=1S/C12H9N3O/c13-7-11(8-14)5-9-1-3-10(4-2-9)6-12(15)16/h1-5H,6H2,(H2,15,16). The van der Waals surface area contributed by atoms with Gasteiger partial charge in [-0.2, -0.15) is 10.5 Å². The maximum atomic E-state index is 10.6. The van der Waals surface area contributed by atoms with Crippen molar-refractivity contribution in [2.24, 2.45) is 5.73 Å². The number of allylic oxidation sites excluding steroid dienone is 1. The van der Waals surface area contributed by atoms with Crippen LogP contribution in [0.5, 0.6) is 0 Å². The number of hydrogen-bond acceptors (Lipinski definition) is 3. The van der Waals surface area contributed by atoms with Gasteiger partial charge < -0.3 is 5.73 Å². The number of nitrogens with two attached hydrogens (primary N) is 1. The van der Waals surface area contributed by atoms with Crippen molar-refractivity contribution in [1.82, 2.24) is 0 Å². The Kier molecular flexibility index (Phi) is 3.83. The molecule has 2 N–H and O–H groups in total. The maximum Gasteiger partial charge on any atom is 0.221 e. The molecule has 0 fully saturated rings. The van der Waals surface area contributed by atoms with Crippen LogP contribution in [0.2, 0.25) is 0 Å². The number of nitrogens with zero attached hydrogens (tertiary/aromatic N) is 2. The fourth-order valence-electron chi connectivity index (χ4n) is 1.19. The molecule has 1 aromatic rings. The number of nitriles is 2. The summed E-state index contributed by atoms with van der Waals surface area (Å²) in [5.41, 5.74) is 6.64. The number of primary amides is 1. The van der Waals surface area contributed by atoms with E-state index >= 15 is 0 Å². The van der Waals surface area contributed by atoms with E-state index < -0.39 is 5.91 Å². The molecule has 0 aliphatic heterocycles. The lowest BCUT2D eigenvalue weighted by Crippen LogP contribution is -2.13. The second kappa shape index (κ2) is 5.33. The lowest BCUT2D eigenvalue weighted by atomic mass is 10.1. The molecule has 0 aliphatic rings. The van der Waals surface area contributed by atoms with E-state index in [1.807, 2.05) is 0 Å². The Labute approximate surface area is 93.2 Å². The summed E-state index contributed by atoms with van der Waals surface area (Å²) in [6.07, 6.45) is 1.67. The van der Waals surface area contributed by atoms with Gasteiger partial charge in [0.2, 0.25) is 5.91 Å². The number of carbonyl (C=O) groups is 1. The molecule has 0 heterocycles. The van der Waals surface area contributed by atoms with Gasteiger partial charge in [0.25, 0.3) is 0 Å². The van der Waals surface area contributed by atoms with Crippen LogP contribution in [0.1, 0.15) is 11.1 Å². The Hall–Kier alpha value is -2.59. The first-order valence-corrected chi connectivity index (χ1v) is 4.55. The second-order valence-electron chi connectivity index (χ2n) is 3.17. The zero-order chi connectivity index (χ0) is 12.0. The Bertz CT molecular complexity index is 485. The van der Waals surface area contributed by atoms with Gasteiger partial charge in [0.1, 0.15) is 17.7 Å². The maximum absolute atomic E-state index is 10.6. The Morgan fingerprint density at radius 1 is 1.25 bits per heavy atom. The van der Waals surface area contributed by atoms with Gasteiger partial charge in [-0.15, -0.1) is 0 Å². The molecule has 0 atom stereocenters. The number of rotatable bonds is 3. The van der Waals surface area contributed by atoms with Gasteiger partial charge in [0, 0.05) is 0 Å². The summed E-state index contributed by atoms with van der Waals surface area (Å²) in [6, 6.07) is 10.5. The third kappa shape index (κ3) is 3.28. The Morgan fingerprint density at radius 3 is 2.25 bits per heavy atom. The number of carbonyl (C=O) groups excluding carboxylic acids is 1. The van der Waals surface area contributed by atoms with Crippen molar-refractivity contribution in [3.05, 3.63) is 41.0 Å². The van der Waals surface area contributed by atoms with E-state index in [0.717, 1.165) is 11.1 Å². The average Bonchev–Trinajstić information content (AvgIpc) is 2.27. The first-order chi connectivity index (χ1) is 7.65. The van der Waals surface area contributed by atoms with Gasteiger partial charge in [-0.1, -0.05) is 24.3 Å². The molecule has 0 saturated carbocycles. The van der Waals surface area contributed by atoms with Crippen molar-refractivity contribution >= 4 is 12.0 Å². The molecule has 0 bridgehead atoms. The van der Waals surface area contributed by atoms with Crippen molar-refractivity contribution < 1.29 is 4.79 Å². The van der Waals surface area contributed by atoms with Crippen molar-refractivity contribution in [3.63, 3.8) is 0 Å². The highest BCUT2D eigenvalue weighted by Crippen LogP contribution is 2.08. The molecular weight excluding hydrogens is 202 g/mol. The first kappa shape index (κ1) is 11.5. The summed E-state index contributed by atoms with van der Waals surface area (Å²) in [4.78, 5) is 10.6. The van der Waals surface area contributed by atoms with Gasteiger partial charge in [0.15, 0.2) is 0 Å². The smallest absolute Gasteiger partial charge is 0.221 e. The first-order valence-electron chi connectivity index (χ1n) is 4.55. The van der Waals surface area contributed by atoms with Crippen LogP contribution in [0.3, 0.4) is 0 Å². The van der Waals surface area contributed by atoms with Crippen LogP contribution in [0.25, 0.3) is 6.08 Å². The van der Waals surface area contributed by atoms with Crippen LogP contribution in [-0.2, 0) is 11.2 Å². The molecule has 0 unspecified atom stereocenters. The molecule has 0 spiro atoms. The molecule has 1 aromatic carbocycles. The van der Waals surface area contributed by atoms with Crippen LogP contribution >= 0.6 is 0 Å². The minimum atomic E-state index is -0.391. The van der Waals surface area contributed by atoms with Gasteiger partial charge in [-0.05, 0) is 17.2 Å². The average molecular weight is 211 g/mol. The van der Waals surface area contributed by atoms with Crippen LogP contribution in [-0.4, -0.2) is 5.91 Å². The summed E-state index contributed by atoms with van der Waals surface area (Å²) in [5, 5.41) is 17.1. The van der Waals surface area contributed by atoms with Crippen LogP contribution in [0, 0.1) is 22.7 Å². The second-order valence-corrected chi connectivity index (χ2v) is 3.17. The quantitative estimate of drug-likeness (QED) is 0.760. The molecule has 1 amide bonds. The molecule has 78 valence electrons. The van der Waals surface area contributed by atoms with Crippen LogP contribution in [0.4, 0.5) is 0 Å². The predicted molar refractivity (Wildman–Crippen MR) is 58.5 cm³/mol. The van der Waals surface area contributed by atoms with Crippen molar-refractivity contribution in [2.75, 3.05) is 0 Å². The Morgan fingerprint density at radius 2 is 1.81 bits per heavy atom.